The fraction of sp³-hybridized carbons (Fsp3) is 0.158. The molecule has 3 aromatic rings. The summed E-state index contributed by atoms with van der Waals surface area (Å²) in [7, 11) is 1.72. The van der Waals surface area contributed by atoms with Crippen LogP contribution in [0.3, 0.4) is 0 Å². The number of rotatable bonds is 1. The normalized spacial score (nSPS) is 12.8. The molecular weight excluding hydrogens is 244 g/mol. The van der Waals surface area contributed by atoms with E-state index in [-0.39, 0.29) is 0 Å². The Balaban J connectivity index is 1.87. The zero-order valence-electron chi connectivity index (χ0n) is 11.5. The molecule has 1 nitrogen and oxygen atoms in total. The summed E-state index contributed by atoms with van der Waals surface area (Å²) in [4.78, 5) is 0. The van der Waals surface area contributed by atoms with Crippen LogP contribution in [0.15, 0.2) is 54.6 Å². The molecule has 0 aromatic heterocycles. The van der Waals surface area contributed by atoms with Crippen molar-refractivity contribution >= 4 is 10.8 Å². The molecule has 1 aliphatic rings. The van der Waals surface area contributed by atoms with E-state index in [0.717, 1.165) is 18.6 Å². The van der Waals surface area contributed by atoms with Crippen LogP contribution in [0.1, 0.15) is 22.3 Å². The molecule has 1 heteroatoms. The van der Waals surface area contributed by atoms with E-state index >= 15 is 0 Å². The summed E-state index contributed by atoms with van der Waals surface area (Å²) < 4.78 is 5.32. The van der Waals surface area contributed by atoms with E-state index in [4.69, 9.17) is 4.74 Å². The Hall–Kier alpha value is -2.28. The van der Waals surface area contributed by atoms with Crippen molar-refractivity contribution in [1.82, 2.24) is 0 Å². The highest BCUT2D eigenvalue weighted by Crippen LogP contribution is 2.31. The largest absolute Gasteiger partial charge is 0.497 e. The molecule has 0 aliphatic heterocycles. The van der Waals surface area contributed by atoms with Crippen LogP contribution in [0.25, 0.3) is 10.8 Å². The van der Waals surface area contributed by atoms with Crippen LogP contribution in [0.5, 0.6) is 5.75 Å². The van der Waals surface area contributed by atoms with Gasteiger partial charge in [-0.05, 0) is 58.0 Å². The highest BCUT2D eigenvalue weighted by Gasteiger charge is 2.15. The smallest absolute Gasteiger partial charge is 0.119 e. The molecule has 0 fully saturated rings. The fourth-order valence-corrected chi connectivity index (χ4v) is 3.14. The van der Waals surface area contributed by atoms with Gasteiger partial charge in [0.2, 0.25) is 0 Å². The monoisotopic (exact) mass is 260 g/mol. The standard InChI is InChI=1S/C19H16O/c1-20-19-7-6-15-10-16-8-13-4-2-3-5-14(13)9-17(16)11-18(15)12-19/h2-7,10-12H,8-9H2,1H3. The van der Waals surface area contributed by atoms with Crippen molar-refractivity contribution in [2.45, 2.75) is 12.8 Å². The van der Waals surface area contributed by atoms with Gasteiger partial charge >= 0.3 is 0 Å². The Bertz CT molecular complexity index is 802. The number of fused-ring (bicyclic) bond motifs is 3. The second-order valence-electron chi connectivity index (χ2n) is 5.46. The van der Waals surface area contributed by atoms with Crippen molar-refractivity contribution in [2.75, 3.05) is 7.11 Å². The maximum Gasteiger partial charge on any atom is 0.119 e. The van der Waals surface area contributed by atoms with Crippen LogP contribution in [-0.4, -0.2) is 7.11 Å². The zero-order chi connectivity index (χ0) is 13.5. The molecule has 0 unspecified atom stereocenters. The summed E-state index contributed by atoms with van der Waals surface area (Å²) in [6.07, 6.45) is 2.09. The molecule has 98 valence electrons. The summed E-state index contributed by atoms with van der Waals surface area (Å²) >= 11 is 0. The van der Waals surface area contributed by atoms with E-state index in [9.17, 15) is 0 Å². The SMILES string of the molecule is COc1ccc2cc3c(cc2c1)Cc1ccccc1C3. The summed E-state index contributed by atoms with van der Waals surface area (Å²) in [5, 5.41) is 2.56. The van der Waals surface area contributed by atoms with E-state index in [1.807, 2.05) is 6.07 Å². The summed E-state index contributed by atoms with van der Waals surface area (Å²) in [6.45, 7) is 0. The number of hydrogen-bond donors (Lipinski definition) is 0. The van der Waals surface area contributed by atoms with Crippen LogP contribution in [-0.2, 0) is 12.8 Å². The molecular formula is C19H16O. The van der Waals surface area contributed by atoms with Crippen LogP contribution < -0.4 is 4.74 Å². The average molecular weight is 260 g/mol. The van der Waals surface area contributed by atoms with E-state index in [2.05, 4.69) is 48.5 Å². The Morgan fingerprint density at radius 1 is 0.700 bits per heavy atom. The predicted octanol–water partition coefficient (Wildman–Crippen LogP) is 4.34. The lowest BCUT2D eigenvalue weighted by Gasteiger charge is -2.20. The highest BCUT2D eigenvalue weighted by atomic mass is 16.5. The fourth-order valence-electron chi connectivity index (χ4n) is 3.14. The molecule has 0 N–H and O–H groups in total. The van der Waals surface area contributed by atoms with Crippen molar-refractivity contribution in [3.8, 4) is 5.75 Å². The second-order valence-corrected chi connectivity index (χ2v) is 5.46. The molecule has 0 saturated heterocycles. The number of benzene rings is 3. The van der Waals surface area contributed by atoms with Gasteiger partial charge in [-0.3, -0.25) is 0 Å². The van der Waals surface area contributed by atoms with Crippen molar-refractivity contribution < 1.29 is 4.74 Å². The molecule has 3 aromatic carbocycles. The Morgan fingerprint density at radius 2 is 1.35 bits per heavy atom. The van der Waals surface area contributed by atoms with Gasteiger partial charge in [-0.1, -0.05) is 42.5 Å². The third-order valence-corrected chi connectivity index (χ3v) is 4.25. The quantitative estimate of drug-likeness (QED) is 0.494. The molecule has 1 aliphatic carbocycles. The minimum atomic E-state index is 0.925. The van der Waals surface area contributed by atoms with Crippen LogP contribution in [0.2, 0.25) is 0 Å². The van der Waals surface area contributed by atoms with Crippen molar-refractivity contribution in [1.29, 1.82) is 0 Å². The van der Waals surface area contributed by atoms with E-state index in [1.165, 1.54) is 33.0 Å². The molecule has 0 saturated carbocycles. The molecule has 20 heavy (non-hydrogen) atoms. The Labute approximate surface area is 118 Å². The van der Waals surface area contributed by atoms with E-state index in [0.29, 0.717) is 0 Å². The van der Waals surface area contributed by atoms with Crippen molar-refractivity contribution in [3.63, 3.8) is 0 Å². The lowest BCUT2D eigenvalue weighted by molar-refractivity contribution is 0.415. The number of ether oxygens (including phenoxy) is 1. The van der Waals surface area contributed by atoms with Gasteiger partial charge < -0.3 is 4.74 Å². The van der Waals surface area contributed by atoms with Gasteiger partial charge in [0.1, 0.15) is 5.75 Å². The maximum atomic E-state index is 5.32. The third kappa shape index (κ3) is 1.78. The third-order valence-electron chi connectivity index (χ3n) is 4.25. The average Bonchev–Trinajstić information content (AvgIpc) is 2.50. The predicted molar refractivity (Wildman–Crippen MR) is 82.6 cm³/mol. The first kappa shape index (κ1) is 11.5. The zero-order valence-corrected chi connectivity index (χ0v) is 11.5. The molecule has 0 amide bonds. The van der Waals surface area contributed by atoms with E-state index < -0.39 is 0 Å². The first-order valence-corrected chi connectivity index (χ1v) is 7.00. The van der Waals surface area contributed by atoms with E-state index in [1.54, 1.807) is 7.11 Å². The Kier molecular flexibility index (Phi) is 2.53. The van der Waals surface area contributed by atoms with Crippen LogP contribution in [0.4, 0.5) is 0 Å². The van der Waals surface area contributed by atoms with Gasteiger partial charge in [0, 0.05) is 0 Å². The van der Waals surface area contributed by atoms with Gasteiger partial charge in [-0.25, -0.2) is 0 Å². The topological polar surface area (TPSA) is 9.23 Å². The van der Waals surface area contributed by atoms with Gasteiger partial charge in [0.15, 0.2) is 0 Å². The molecule has 0 spiro atoms. The lowest BCUT2D eigenvalue weighted by atomic mass is 9.85. The first-order chi connectivity index (χ1) is 9.83. The molecule has 0 atom stereocenters. The van der Waals surface area contributed by atoms with Crippen LogP contribution >= 0.6 is 0 Å². The number of methoxy groups -OCH3 is 1. The first-order valence-electron chi connectivity index (χ1n) is 7.00. The van der Waals surface area contributed by atoms with Gasteiger partial charge in [-0.15, -0.1) is 0 Å². The highest BCUT2D eigenvalue weighted by molar-refractivity contribution is 5.86. The van der Waals surface area contributed by atoms with Crippen LogP contribution in [0, 0.1) is 0 Å². The van der Waals surface area contributed by atoms with Gasteiger partial charge in [-0.2, -0.15) is 0 Å². The molecule has 4 rings (SSSR count). The second kappa shape index (κ2) is 4.38. The van der Waals surface area contributed by atoms with Gasteiger partial charge in [0.25, 0.3) is 0 Å². The Morgan fingerprint density at radius 3 is 2.00 bits per heavy atom. The summed E-state index contributed by atoms with van der Waals surface area (Å²) in [6, 6.07) is 19.7. The molecule has 0 radical (unpaired) electrons. The van der Waals surface area contributed by atoms with Gasteiger partial charge in [0.05, 0.1) is 7.11 Å². The molecule has 0 bridgehead atoms. The van der Waals surface area contributed by atoms with Crippen molar-refractivity contribution in [2.24, 2.45) is 0 Å². The number of hydrogen-bond acceptors (Lipinski definition) is 1. The molecule has 0 heterocycles. The maximum absolute atomic E-state index is 5.32. The minimum Gasteiger partial charge on any atom is -0.497 e. The summed E-state index contributed by atoms with van der Waals surface area (Å²) in [5.41, 5.74) is 5.83. The lowest BCUT2D eigenvalue weighted by Crippen LogP contribution is -2.07. The summed E-state index contributed by atoms with van der Waals surface area (Å²) in [5.74, 6) is 0.925. The minimum absolute atomic E-state index is 0.925. The van der Waals surface area contributed by atoms with Crippen molar-refractivity contribution in [3.05, 3.63) is 76.9 Å².